The molecule has 2 aromatic heterocycles. The zero-order chi connectivity index (χ0) is 11.5. The van der Waals surface area contributed by atoms with Crippen LogP contribution in [0.15, 0.2) is 65.7 Å². The van der Waals surface area contributed by atoms with Crippen LogP contribution in [-0.2, 0) is 6.54 Å². The third-order valence-corrected chi connectivity index (χ3v) is 2.62. The Bertz CT molecular complexity index is 582. The molecule has 0 spiro atoms. The first kappa shape index (κ1) is 9.90. The number of benzene rings is 1. The molecule has 3 aromatic rings. The average Bonchev–Trinajstić information content (AvgIpc) is 3.02. The standard InChI is InChI=1S/C14H12N2O/c1-2-5-12(6-3-1)14-10-16(11-15-14)9-13-7-4-8-17-13/h1-8,10-11H,9H2. The summed E-state index contributed by atoms with van der Waals surface area (Å²) in [6.45, 7) is 0.715. The van der Waals surface area contributed by atoms with Crippen LogP contribution in [0.2, 0.25) is 0 Å². The summed E-state index contributed by atoms with van der Waals surface area (Å²) in [7, 11) is 0. The molecule has 17 heavy (non-hydrogen) atoms. The van der Waals surface area contributed by atoms with E-state index in [9.17, 15) is 0 Å². The molecule has 0 aliphatic rings. The SMILES string of the molecule is c1ccc(-c2cn(Cc3ccco3)cn2)cc1. The zero-order valence-corrected chi connectivity index (χ0v) is 9.28. The monoisotopic (exact) mass is 224 g/mol. The third kappa shape index (κ3) is 2.13. The van der Waals surface area contributed by atoms with Crippen molar-refractivity contribution in [1.29, 1.82) is 0 Å². The largest absolute Gasteiger partial charge is 0.467 e. The van der Waals surface area contributed by atoms with Crippen molar-refractivity contribution in [2.24, 2.45) is 0 Å². The highest BCUT2D eigenvalue weighted by atomic mass is 16.3. The summed E-state index contributed by atoms with van der Waals surface area (Å²) >= 11 is 0. The molecule has 0 amide bonds. The summed E-state index contributed by atoms with van der Waals surface area (Å²) in [5.74, 6) is 0.932. The van der Waals surface area contributed by atoms with E-state index in [2.05, 4.69) is 17.1 Å². The number of aromatic nitrogens is 2. The van der Waals surface area contributed by atoms with E-state index < -0.39 is 0 Å². The van der Waals surface area contributed by atoms with E-state index in [-0.39, 0.29) is 0 Å². The summed E-state index contributed by atoms with van der Waals surface area (Å²) in [4.78, 5) is 4.39. The molecule has 3 heteroatoms. The normalized spacial score (nSPS) is 10.6. The molecule has 1 aromatic carbocycles. The van der Waals surface area contributed by atoms with Crippen LogP contribution in [0, 0.1) is 0 Å². The fourth-order valence-electron chi connectivity index (χ4n) is 1.79. The van der Waals surface area contributed by atoms with E-state index in [1.807, 2.05) is 47.4 Å². The highest BCUT2D eigenvalue weighted by molar-refractivity contribution is 5.57. The van der Waals surface area contributed by atoms with E-state index in [0.717, 1.165) is 17.0 Å². The number of hydrogen-bond acceptors (Lipinski definition) is 2. The molecule has 0 radical (unpaired) electrons. The predicted molar refractivity (Wildman–Crippen MR) is 65.5 cm³/mol. The minimum absolute atomic E-state index is 0.715. The van der Waals surface area contributed by atoms with Crippen LogP contribution in [0.4, 0.5) is 0 Å². The number of nitrogens with zero attached hydrogens (tertiary/aromatic N) is 2. The average molecular weight is 224 g/mol. The molecule has 0 fully saturated rings. The van der Waals surface area contributed by atoms with E-state index in [1.165, 1.54) is 0 Å². The van der Waals surface area contributed by atoms with Crippen molar-refractivity contribution in [3.63, 3.8) is 0 Å². The Kier molecular flexibility index (Phi) is 2.50. The van der Waals surface area contributed by atoms with Crippen LogP contribution in [0.5, 0.6) is 0 Å². The zero-order valence-electron chi connectivity index (χ0n) is 9.28. The van der Waals surface area contributed by atoms with Crippen LogP contribution in [0.3, 0.4) is 0 Å². The Hall–Kier alpha value is -2.29. The molecule has 0 bridgehead atoms. The van der Waals surface area contributed by atoms with Gasteiger partial charge in [0.15, 0.2) is 0 Å². The fourth-order valence-corrected chi connectivity index (χ4v) is 1.79. The number of rotatable bonds is 3. The summed E-state index contributed by atoms with van der Waals surface area (Å²) in [5.41, 5.74) is 2.11. The minimum Gasteiger partial charge on any atom is -0.467 e. The molecule has 0 atom stereocenters. The lowest BCUT2D eigenvalue weighted by Gasteiger charge is -1.97. The van der Waals surface area contributed by atoms with Crippen molar-refractivity contribution in [2.45, 2.75) is 6.54 Å². The van der Waals surface area contributed by atoms with E-state index in [4.69, 9.17) is 4.42 Å². The molecular formula is C14H12N2O. The summed E-state index contributed by atoms with van der Waals surface area (Å²) < 4.78 is 7.32. The number of furan rings is 1. The Morgan fingerprint density at radius 3 is 2.71 bits per heavy atom. The van der Waals surface area contributed by atoms with Gasteiger partial charge >= 0.3 is 0 Å². The fraction of sp³-hybridized carbons (Fsp3) is 0.0714. The van der Waals surface area contributed by atoms with Gasteiger partial charge in [-0.15, -0.1) is 0 Å². The van der Waals surface area contributed by atoms with Crippen LogP contribution in [0.25, 0.3) is 11.3 Å². The molecule has 0 saturated heterocycles. The topological polar surface area (TPSA) is 31.0 Å². The van der Waals surface area contributed by atoms with Gasteiger partial charge in [0.05, 0.1) is 24.8 Å². The smallest absolute Gasteiger partial charge is 0.123 e. The molecule has 84 valence electrons. The van der Waals surface area contributed by atoms with Crippen molar-refractivity contribution >= 4 is 0 Å². The van der Waals surface area contributed by atoms with Gasteiger partial charge in [-0.05, 0) is 12.1 Å². The van der Waals surface area contributed by atoms with Crippen molar-refractivity contribution in [2.75, 3.05) is 0 Å². The molecular weight excluding hydrogens is 212 g/mol. The number of hydrogen-bond donors (Lipinski definition) is 0. The van der Waals surface area contributed by atoms with Crippen LogP contribution in [-0.4, -0.2) is 9.55 Å². The molecule has 0 N–H and O–H groups in total. The van der Waals surface area contributed by atoms with Gasteiger partial charge in [-0.25, -0.2) is 4.98 Å². The van der Waals surface area contributed by atoms with E-state index in [1.54, 1.807) is 6.26 Å². The Labute approximate surface area is 99.3 Å². The van der Waals surface area contributed by atoms with Gasteiger partial charge < -0.3 is 8.98 Å². The maximum atomic E-state index is 5.30. The maximum absolute atomic E-state index is 5.30. The van der Waals surface area contributed by atoms with Gasteiger partial charge in [0.25, 0.3) is 0 Å². The lowest BCUT2D eigenvalue weighted by Crippen LogP contribution is -1.93. The molecule has 0 saturated carbocycles. The van der Waals surface area contributed by atoms with Crippen molar-refractivity contribution in [3.05, 3.63) is 67.0 Å². The first-order chi connectivity index (χ1) is 8.42. The summed E-state index contributed by atoms with van der Waals surface area (Å²) in [6.07, 6.45) is 5.53. The minimum atomic E-state index is 0.715. The molecule has 0 aliphatic carbocycles. The van der Waals surface area contributed by atoms with Crippen LogP contribution < -0.4 is 0 Å². The summed E-state index contributed by atoms with van der Waals surface area (Å²) in [6, 6.07) is 14.0. The first-order valence-electron chi connectivity index (χ1n) is 5.51. The second-order valence-electron chi connectivity index (χ2n) is 3.88. The lowest BCUT2D eigenvalue weighted by molar-refractivity contribution is 0.493. The van der Waals surface area contributed by atoms with Gasteiger partial charge in [0.2, 0.25) is 0 Å². The van der Waals surface area contributed by atoms with Crippen molar-refractivity contribution in [1.82, 2.24) is 9.55 Å². The van der Waals surface area contributed by atoms with E-state index in [0.29, 0.717) is 6.54 Å². The third-order valence-electron chi connectivity index (χ3n) is 2.62. The Morgan fingerprint density at radius 1 is 1.06 bits per heavy atom. The Morgan fingerprint density at radius 2 is 1.94 bits per heavy atom. The predicted octanol–water partition coefficient (Wildman–Crippen LogP) is 3.19. The number of imidazole rings is 1. The maximum Gasteiger partial charge on any atom is 0.123 e. The summed E-state index contributed by atoms with van der Waals surface area (Å²) in [5, 5.41) is 0. The van der Waals surface area contributed by atoms with Gasteiger partial charge in [-0.1, -0.05) is 30.3 Å². The van der Waals surface area contributed by atoms with Gasteiger partial charge in [-0.3, -0.25) is 0 Å². The lowest BCUT2D eigenvalue weighted by atomic mass is 10.2. The quantitative estimate of drug-likeness (QED) is 0.684. The molecule has 0 unspecified atom stereocenters. The highest BCUT2D eigenvalue weighted by Crippen LogP contribution is 2.16. The van der Waals surface area contributed by atoms with Crippen LogP contribution in [0.1, 0.15) is 5.76 Å². The van der Waals surface area contributed by atoms with Gasteiger partial charge in [0, 0.05) is 11.8 Å². The van der Waals surface area contributed by atoms with Crippen LogP contribution >= 0.6 is 0 Å². The van der Waals surface area contributed by atoms with Gasteiger partial charge in [-0.2, -0.15) is 0 Å². The highest BCUT2D eigenvalue weighted by Gasteiger charge is 2.02. The van der Waals surface area contributed by atoms with E-state index >= 15 is 0 Å². The molecule has 0 aliphatic heterocycles. The molecule has 2 heterocycles. The Balaban J connectivity index is 1.84. The molecule has 3 rings (SSSR count). The van der Waals surface area contributed by atoms with Gasteiger partial charge in [0.1, 0.15) is 5.76 Å². The first-order valence-corrected chi connectivity index (χ1v) is 5.51. The second kappa shape index (κ2) is 4.29. The van der Waals surface area contributed by atoms with Crippen molar-refractivity contribution < 1.29 is 4.42 Å². The molecule has 3 nitrogen and oxygen atoms in total. The second-order valence-corrected chi connectivity index (χ2v) is 3.88. The van der Waals surface area contributed by atoms with Crippen molar-refractivity contribution in [3.8, 4) is 11.3 Å².